The van der Waals surface area contributed by atoms with Crippen LogP contribution in [0, 0.1) is 5.92 Å². The fraction of sp³-hybridized carbons (Fsp3) is 0.421. The molecule has 0 aliphatic carbocycles. The molecule has 1 aliphatic heterocycles. The predicted molar refractivity (Wildman–Crippen MR) is 103 cm³/mol. The molecular formula is C19H23N5O2S. The monoisotopic (exact) mass is 385 g/mol. The molecule has 1 fully saturated rings. The molecule has 0 radical (unpaired) electrons. The molecule has 1 unspecified atom stereocenters. The van der Waals surface area contributed by atoms with E-state index in [0.29, 0.717) is 19.0 Å². The Kier molecular flexibility index (Phi) is 4.69. The Hall–Kier alpha value is -2.32. The lowest BCUT2D eigenvalue weighted by molar-refractivity contribution is 0.462. The maximum Gasteiger partial charge on any atom is 0.244 e. The molecule has 0 N–H and O–H groups in total. The second-order valence-electron chi connectivity index (χ2n) is 7.38. The maximum absolute atomic E-state index is 12.9. The van der Waals surface area contributed by atoms with Crippen LogP contribution in [0.4, 0.5) is 0 Å². The van der Waals surface area contributed by atoms with Gasteiger partial charge in [-0.05, 0) is 30.5 Å². The summed E-state index contributed by atoms with van der Waals surface area (Å²) in [4.78, 5) is 13.3. The van der Waals surface area contributed by atoms with Crippen LogP contribution in [0.5, 0.6) is 0 Å². The average Bonchev–Trinajstić information content (AvgIpc) is 3.28. The zero-order valence-corrected chi connectivity index (χ0v) is 16.3. The summed E-state index contributed by atoms with van der Waals surface area (Å²) in [6.45, 7) is 6.10. The molecule has 3 aromatic heterocycles. The van der Waals surface area contributed by atoms with Crippen molar-refractivity contribution in [3.8, 4) is 0 Å². The number of rotatable bonds is 5. The second-order valence-corrected chi connectivity index (χ2v) is 9.31. The number of sulfonamides is 1. The summed E-state index contributed by atoms with van der Waals surface area (Å²) >= 11 is 0. The molecule has 0 bridgehead atoms. The van der Waals surface area contributed by atoms with Gasteiger partial charge in [-0.15, -0.1) is 0 Å². The largest absolute Gasteiger partial charge is 0.326 e. The quantitative estimate of drug-likeness (QED) is 0.674. The van der Waals surface area contributed by atoms with E-state index in [2.05, 4.69) is 28.4 Å². The highest BCUT2D eigenvalue weighted by molar-refractivity contribution is 7.89. The van der Waals surface area contributed by atoms with Crippen LogP contribution < -0.4 is 0 Å². The Morgan fingerprint density at radius 3 is 2.74 bits per heavy atom. The van der Waals surface area contributed by atoms with Gasteiger partial charge < -0.3 is 4.57 Å². The topological polar surface area (TPSA) is 81.0 Å². The van der Waals surface area contributed by atoms with Gasteiger partial charge in [0.1, 0.15) is 10.7 Å². The molecule has 3 aromatic rings. The fourth-order valence-electron chi connectivity index (χ4n) is 3.66. The van der Waals surface area contributed by atoms with E-state index in [9.17, 15) is 8.42 Å². The van der Waals surface area contributed by atoms with Crippen LogP contribution in [-0.4, -0.2) is 45.3 Å². The normalized spacial score (nSPS) is 18.6. The minimum absolute atomic E-state index is 0.0718. The first-order chi connectivity index (χ1) is 13.0. The maximum atomic E-state index is 12.9. The van der Waals surface area contributed by atoms with Crippen molar-refractivity contribution in [2.24, 2.45) is 5.92 Å². The van der Waals surface area contributed by atoms with Crippen molar-refractivity contribution in [1.29, 1.82) is 0 Å². The van der Waals surface area contributed by atoms with Crippen LogP contribution in [-0.2, 0) is 16.6 Å². The molecule has 0 amide bonds. The van der Waals surface area contributed by atoms with Crippen LogP contribution in [0.1, 0.15) is 32.0 Å². The molecule has 4 rings (SSSR count). The number of pyridine rings is 2. The first kappa shape index (κ1) is 18.1. The Labute approximate surface area is 159 Å². The van der Waals surface area contributed by atoms with Crippen molar-refractivity contribution in [1.82, 2.24) is 23.8 Å². The fourth-order valence-corrected chi connectivity index (χ4v) is 5.13. The molecule has 0 spiro atoms. The van der Waals surface area contributed by atoms with Crippen molar-refractivity contribution in [2.75, 3.05) is 13.1 Å². The van der Waals surface area contributed by atoms with Crippen molar-refractivity contribution in [2.45, 2.75) is 37.6 Å². The van der Waals surface area contributed by atoms with Crippen molar-refractivity contribution in [3.63, 3.8) is 0 Å². The molecule has 1 atom stereocenters. The van der Waals surface area contributed by atoms with Gasteiger partial charge in [0.15, 0.2) is 0 Å². The van der Waals surface area contributed by atoms with Gasteiger partial charge in [-0.3, -0.25) is 9.97 Å². The summed E-state index contributed by atoms with van der Waals surface area (Å²) in [5.74, 6) is 1.48. The first-order valence-electron chi connectivity index (χ1n) is 9.17. The van der Waals surface area contributed by atoms with E-state index < -0.39 is 10.0 Å². The molecule has 27 heavy (non-hydrogen) atoms. The molecule has 1 aliphatic rings. The lowest BCUT2D eigenvalue weighted by Crippen LogP contribution is -2.29. The van der Waals surface area contributed by atoms with Crippen LogP contribution in [0.2, 0.25) is 0 Å². The Morgan fingerprint density at radius 2 is 2.00 bits per heavy atom. The summed E-state index contributed by atoms with van der Waals surface area (Å²) in [6, 6.07) is 5.15. The minimum atomic E-state index is -3.52. The highest BCUT2D eigenvalue weighted by atomic mass is 32.2. The van der Waals surface area contributed by atoms with Crippen LogP contribution in [0.25, 0.3) is 11.0 Å². The summed E-state index contributed by atoms with van der Waals surface area (Å²) < 4.78 is 29.5. The smallest absolute Gasteiger partial charge is 0.244 e. The number of fused-ring (bicyclic) bond motifs is 1. The van der Waals surface area contributed by atoms with Crippen LogP contribution >= 0.6 is 0 Å². The van der Waals surface area contributed by atoms with Gasteiger partial charge in [0, 0.05) is 44.1 Å². The van der Waals surface area contributed by atoms with E-state index >= 15 is 0 Å². The summed E-state index contributed by atoms with van der Waals surface area (Å²) in [5, 5.41) is 0. The predicted octanol–water partition coefficient (Wildman–Crippen LogP) is 2.66. The summed E-state index contributed by atoms with van der Waals surface area (Å²) in [7, 11) is -3.52. The summed E-state index contributed by atoms with van der Waals surface area (Å²) in [6.07, 6.45) is 7.32. The molecule has 0 saturated carbocycles. The van der Waals surface area contributed by atoms with Gasteiger partial charge in [-0.1, -0.05) is 13.8 Å². The number of hydrogen-bond acceptors (Lipinski definition) is 5. The lowest BCUT2D eigenvalue weighted by Gasteiger charge is -2.18. The zero-order chi connectivity index (χ0) is 19.0. The van der Waals surface area contributed by atoms with Crippen LogP contribution in [0.15, 0.2) is 47.9 Å². The van der Waals surface area contributed by atoms with Gasteiger partial charge in [0.25, 0.3) is 0 Å². The molecular weight excluding hydrogens is 362 g/mol. The average molecular weight is 385 g/mol. The van der Waals surface area contributed by atoms with E-state index in [4.69, 9.17) is 4.98 Å². The SMILES string of the molecule is CC(C)Cn1c(C2CCN(S(=O)(=O)c3cccnc3)C2)nc2ccncc21. The van der Waals surface area contributed by atoms with Gasteiger partial charge >= 0.3 is 0 Å². The van der Waals surface area contributed by atoms with Crippen molar-refractivity contribution in [3.05, 3.63) is 48.8 Å². The third-order valence-corrected chi connectivity index (χ3v) is 6.76. The number of hydrogen-bond donors (Lipinski definition) is 0. The van der Waals surface area contributed by atoms with Gasteiger partial charge in [-0.2, -0.15) is 4.31 Å². The molecule has 4 heterocycles. The van der Waals surface area contributed by atoms with Crippen LogP contribution in [0.3, 0.4) is 0 Å². The highest BCUT2D eigenvalue weighted by Crippen LogP contribution is 2.32. The molecule has 1 saturated heterocycles. The highest BCUT2D eigenvalue weighted by Gasteiger charge is 2.35. The van der Waals surface area contributed by atoms with Crippen molar-refractivity contribution >= 4 is 21.1 Å². The Bertz CT molecular complexity index is 1050. The van der Waals surface area contributed by atoms with E-state index in [-0.39, 0.29) is 10.8 Å². The molecule has 0 aromatic carbocycles. The van der Waals surface area contributed by atoms with E-state index in [1.165, 1.54) is 6.20 Å². The molecule has 7 nitrogen and oxygen atoms in total. The number of aromatic nitrogens is 4. The van der Waals surface area contributed by atoms with Gasteiger partial charge in [0.2, 0.25) is 10.0 Å². The van der Waals surface area contributed by atoms with Crippen molar-refractivity contribution < 1.29 is 8.42 Å². The second kappa shape index (κ2) is 7.01. The minimum Gasteiger partial charge on any atom is -0.326 e. The van der Waals surface area contributed by atoms with Gasteiger partial charge in [0.05, 0.1) is 17.2 Å². The lowest BCUT2D eigenvalue weighted by atomic mass is 10.1. The van der Waals surface area contributed by atoms with E-state index in [1.54, 1.807) is 28.8 Å². The number of nitrogens with zero attached hydrogens (tertiary/aromatic N) is 5. The number of imidazole rings is 1. The molecule has 8 heteroatoms. The summed E-state index contributed by atoms with van der Waals surface area (Å²) in [5.41, 5.74) is 1.92. The third-order valence-electron chi connectivity index (χ3n) is 4.92. The standard InChI is InChI=1S/C19H23N5O2S/c1-14(2)12-24-18-11-21-8-5-17(18)22-19(24)15-6-9-23(13-15)27(25,26)16-4-3-7-20-10-16/h3-5,7-8,10-11,14-15H,6,9,12-13H2,1-2H3. The molecule has 142 valence electrons. The zero-order valence-electron chi connectivity index (χ0n) is 15.5. The Morgan fingerprint density at radius 1 is 1.19 bits per heavy atom. The van der Waals surface area contributed by atoms with E-state index in [1.807, 2.05) is 12.3 Å². The van der Waals surface area contributed by atoms with E-state index in [0.717, 1.165) is 29.8 Å². The Balaban J connectivity index is 1.66. The first-order valence-corrected chi connectivity index (χ1v) is 10.6. The van der Waals surface area contributed by atoms with Gasteiger partial charge in [-0.25, -0.2) is 13.4 Å². The third kappa shape index (κ3) is 3.35.